The summed E-state index contributed by atoms with van der Waals surface area (Å²) in [6.45, 7) is 0. The maximum Gasteiger partial charge on any atom is 0.123 e. The molecule has 0 N–H and O–H groups in total. The van der Waals surface area contributed by atoms with Gasteiger partial charge in [0.2, 0.25) is 0 Å². The Morgan fingerprint density at radius 1 is 1.58 bits per heavy atom. The van der Waals surface area contributed by atoms with Crippen LogP contribution in [0.5, 0.6) is 0 Å². The van der Waals surface area contributed by atoms with E-state index in [1.165, 1.54) is 12.1 Å². The number of rotatable bonds is 2. The molecule has 0 spiro atoms. The summed E-state index contributed by atoms with van der Waals surface area (Å²) in [6.07, 6.45) is 1.57. The van der Waals surface area contributed by atoms with E-state index in [1.807, 2.05) is 0 Å². The van der Waals surface area contributed by atoms with E-state index in [2.05, 4.69) is 5.87 Å². The third-order valence-corrected chi connectivity index (χ3v) is 2.31. The van der Waals surface area contributed by atoms with Crippen LogP contribution in [0, 0.1) is 5.82 Å². The fraction of sp³-hybridized carbons (Fsp3) is 0.222. The van der Waals surface area contributed by atoms with Crippen LogP contribution in [0.2, 0.25) is 0 Å². The monoisotopic (exact) mass is 186 g/mol. The predicted molar refractivity (Wildman–Crippen MR) is 51.3 cm³/mol. The Morgan fingerprint density at radius 3 is 2.75 bits per heavy atom. The second-order valence-corrected chi connectivity index (χ2v) is 5.61. The molecule has 3 heteroatoms. The van der Waals surface area contributed by atoms with Gasteiger partial charge in [-0.2, -0.15) is 0 Å². The molecule has 0 bridgehead atoms. The van der Waals surface area contributed by atoms with Gasteiger partial charge in [-0.1, -0.05) is 12.1 Å². The first-order chi connectivity index (χ1) is 5.47. The largest absolute Gasteiger partial charge is 0.268 e. The first-order valence-corrected chi connectivity index (χ1v) is 5.82. The molecular weight excluding hydrogens is 175 g/mol. The second-order valence-electron chi connectivity index (χ2n) is 2.96. The van der Waals surface area contributed by atoms with E-state index < -0.39 is 9.52 Å². The van der Waals surface area contributed by atoms with E-state index in [9.17, 15) is 8.60 Å². The standard InChI is InChI=1S/C9H11FOS/c1-12(2,11)7-8-4-3-5-9(10)6-8/h3-6H,1,7H2,2H3. The van der Waals surface area contributed by atoms with Gasteiger partial charge < -0.3 is 0 Å². The lowest BCUT2D eigenvalue weighted by Gasteiger charge is -2.01. The smallest absolute Gasteiger partial charge is 0.123 e. The van der Waals surface area contributed by atoms with Gasteiger partial charge in [0.1, 0.15) is 5.82 Å². The Kier molecular flexibility index (Phi) is 2.52. The molecule has 1 aromatic carbocycles. The van der Waals surface area contributed by atoms with Gasteiger partial charge in [-0.3, -0.25) is 4.21 Å². The van der Waals surface area contributed by atoms with E-state index in [4.69, 9.17) is 0 Å². The highest BCUT2D eigenvalue weighted by Gasteiger charge is 1.99. The summed E-state index contributed by atoms with van der Waals surface area (Å²) in [4.78, 5) is 0. The molecule has 0 fully saturated rings. The van der Waals surface area contributed by atoms with Crippen molar-refractivity contribution >= 4 is 15.4 Å². The van der Waals surface area contributed by atoms with Crippen LogP contribution in [0.25, 0.3) is 0 Å². The Bertz CT molecular complexity index is 368. The Labute approximate surface area is 72.2 Å². The third kappa shape index (κ3) is 3.05. The molecule has 0 aliphatic heterocycles. The van der Waals surface area contributed by atoms with Crippen molar-refractivity contribution in [2.45, 2.75) is 5.75 Å². The van der Waals surface area contributed by atoms with Gasteiger partial charge in [-0.05, 0) is 33.1 Å². The topological polar surface area (TPSA) is 17.1 Å². The minimum Gasteiger partial charge on any atom is -0.268 e. The molecule has 1 rings (SSSR count). The van der Waals surface area contributed by atoms with Crippen LogP contribution >= 0.6 is 0 Å². The van der Waals surface area contributed by atoms with Crippen molar-refractivity contribution in [1.29, 1.82) is 0 Å². The molecule has 0 saturated heterocycles. The first kappa shape index (κ1) is 9.26. The fourth-order valence-corrected chi connectivity index (χ4v) is 1.86. The van der Waals surface area contributed by atoms with Crippen LogP contribution in [-0.4, -0.2) is 16.3 Å². The summed E-state index contributed by atoms with van der Waals surface area (Å²) in [5.41, 5.74) is 0.734. The average Bonchev–Trinajstić information content (AvgIpc) is 1.82. The van der Waals surface area contributed by atoms with Crippen molar-refractivity contribution in [3.05, 3.63) is 35.6 Å². The van der Waals surface area contributed by atoms with Crippen molar-refractivity contribution in [2.75, 3.05) is 6.26 Å². The van der Waals surface area contributed by atoms with Crippen LogP contribution < -0.4 is 0 Å². The highest BCUT2D eigenvalue weighted by Crippen LogP contribution is 2.06. The highest BCUT2D eigenvalue weighted by atomic mass is 32.2. The summed E-state index contributed by atoms with van der Waals surface area (Å²) in [5, 5.41) is 0. The molecular formula is C9H11FOS. The van der Waals surface area contributed by atoms with Gasteiger partial charge in [-0.15, -0.1) is 0 Å². The van der Waals surface area contributed by atoms with Gasteiger partial charge in [-0.25, -0.2) is 4.39 Å². The SMILES string of the molecule is C=S(C)(=O)Cc1cccc(F)c1. The van der Waals surface area contributed by atoms with E-state index in [0.29, 0.717) is 5.75 Å². The summed E-state index contributed by atoms with van der Waals surface area (Å²) >= 11 is 0. The van der Waals surface area contributed by atoms with Gasteiger partial charge in [0.25, 0.3) is 0 Å². The van der Waals surface area contributed by atoms with Crippen molar-refractivity contribution in [3.63, 3.8) is 0 Å². The van der Waals surface area contributed by atoms with Gasteiger partial charge in [0.15, 0.2) is 0 Å². The predicted octanol–water partition coefficient (Wildman–Crippen LogP) is 1.67. The van der Waals surface area contributed by atoms with Crippen LogP contribution in [0.15, 0.2) is 24.3 Å². The molecule has 1 atom stereocenters. The highest BCUT2D eigenvalue weighted by molar-refractivity contribution is 7.98. The van der Waals surface area contributed by atoms with Crippen LogP contribution in [-0.2, 0) is 15.3 Å². The Morgan fingerprint density at radius 2 is 2.25 bits per heavy atom. The number of halogens is 1. The molecule has 12 heavy (non-hydrogen) atoms. The Balaban J connectivity index is 2.91. The van der Waals surface area contributed by atoms with E-state index in [-0.39, 0.29) is 5.82 Å². The van der Waals surface area contributed by atoms with E-state index in [1.54, 1.807) is 18.4 Å². The van der Waals surface area contributed by atoms with E-state index >= 15 is 0 Å². The van der Waals surface area contributed by atoms with E-state index in [0.717, 1.165) is 5.56 Å². The maximum absolute atomic E-state index is 12.6. The molecule has 1 aromatic rings. The lowest BCUT2D eigenvalue weighted by atomic mass is 10.2. The maximum atomic E-state index is 12.6. The lowest BCUT2D eigenvalue weighted by Crippen LogP contribution is -2.00. The summed E-state index contributed by atoms with van der Waals surface area (Å²) < 4.78 is 23.9. The summed E-state index contributed by atoms with van der Waals surface area (Å²) in [5.74, 6) is 3.54. The minimum absolute atomic E-state index is 0.295. The molecule has 0 amide bonds. The molecule has 66 valence electrons. The van der Waals surface area contributed by atoms with Crippen LogP contribution in [0.4, 0.5) is 4.39 Å². The zero-order valence-electron chi connectivity index (χ0n) is 6.92. The number of hydrogen-bond acceptors (Lipinski definition) is 1. The third-order valence-electron chi connectivity index (χ3n) is 1.36. The average molecular weight is 186 g/mol. The van der Waals surface area contributed by atoms with Crippen molar-refractivity contribution in [3.8, 4) is 0 Å². The Hall–Kier alpha value is -0.830. The van der Waals surface area contributed by atoms with Crippen molar-refractivity contribution < 1.29 is 8.60 Å². The summed E-state index contributed by atoms with van der Waals surface area (Å²) in [6, 6.07) is 6.10. The molecule has 0 radical (unpaired) electrons. The molecule has 1 nitrogen and oxygen atoms in total. The molecule has 0 aliphatic rings. The molecule has 1 unspecified atom stereocenters. The van der Waals surface area contributed by atoms with Gasteiger partial charge in [0, 0.05) is 12.0 Å². The quantitative estimate of drug-likeness (QED) is 0.642. The van der Waals surface area contributed by atoms with Crippen LogP contribution in [0.3, 0.4) is 0 Å². The zero-order valence-corrected chi connectivity index (χ0v) is 7.73. The normalized spacial score (nSPS) is 15.5. The second kappa shape index (κ2) is 3.27. The minimum atomic E-state index is -2.06. The molecule has 0 heterocycles. The van der Waals surface area contributed by atoms with Crippen molar-refractivity contribution in [2.24, 2.45) is 0 Å². The fourth-order valence-electron chi connectivity index (χ4n) is 0.979. The molecule has 0 aromatic heterocycles. The van der Waals surface area contributed by atoms with Gasteiger partial charge in [0.05, 0.1) is 0 Å². The van der Waals surface area contributed by atoms with Crippen molar-refractivity contribution in [1.82, 2.24) is 0 Å². The molecule has 0 saturated carbocycles. The van der Waals surface area contributed by atoms with Crippen LogP contribution in [0.1, 0.15) is 5.56 Å². The number of hydrogen-bond donors (Lipinski definition) is 0. The molecule has 0 aliphatic carbocycles. The lowest BCUT2D eigenvalue weighted by molar-refractivity contribution is 0.626. The first-order valence-electron chi connectivity index (χ1n) is 3.52. The summed E-state index contributed by atoms with van der Waals surface area (Å²) in [7, 11) is -2.06. The zero-order chi connectivity index (χ0) is 9.19. The van der Waals surface area contributed by atoms with Gasteiger partial charge >= 0.3 is 0 Å². The number of benzene rings is 1.